The highest BCUT2D eigenvalue weighted by molar-refractivity contribution is 7.13. The SMILES string of the molecule is O=C(NCC1CC1)c1csc(-c2ccccc2OCc2c(F)cccc2F)n1. The van der Waals surface area contributed by atoms with Crippen LogP contribution in [0.1, 0.15) is 28.9 Å². The fourth-order valence-electron chi connectivity index (χ4n) is 2.74. The van der Waals surface area contributed by atoms with Crippen molar-refractivity contribution < 1.29 is 18.3 Å². The van der Waals surface area contributed by atoms with E-state index in [9.17, 15) is 13.6 Å². The van der Waals surface area contributed by atoms with Gasteiger partial charge in [0.15, 0.2) is 0 Å². The van der Waals surface area contributed by atoms with Gasteiger partial charge in [-0.15, -0.1) is 11.3 Å². The van der Waals surface area contributed by atoms with Crippen LogP contribution < -0.4 is 10.1 Å². The van der Waals surface area contributed by atoms with Gasteiger partial charge in [0.05, 0.1) is 11.1 Å². The Bertz CT molecular complexity index is 981. The average molecular weight is 400 g/mol. The number of carbonyl (C=O) groups excluding carboxylic acids is 1. The number of thiazole rings is 1. The van der Waals surface area contributed by atoms with Crippen LogP contribution in [0.25, 0.3) is 10.6 Å². The third-order valence-electron chi connectivity index (χ3n) is 4.54. The molecular weight excluding hydrogens is 382 g/mol. The molecule has 3 aromatic rings. The third-order valence-corrected chi connectivity index (χ3v) is 5.41. The van der Waals surface area contributed by atoms with E-state index in [1.165, 1.54) is 29.5 Å². The summed E-state index contributed by atoms with van der Waals surface area (Å²) < 4.78 is 33.3. The second kappa shape index (κ2) is 8.06. The molecule has 0 unspecified atom stereocenters. The van der Waals surface area contributed by atoms with Gasteiger partial charge in [-0.1, -0.05) is 18.2 Å². The summed E-state index contributed by atoms with van der Waals surface area (Å²) in [7, 11) is 0. The number of hydrogen-bond acceptors (Lipinski definition) is 4. The van der Waals surface area contributed by atoms with Gasteiger partial charge in [0.25, 0.3) is 5.91 Å². The van der Waals surface area contributed by atoms with Crippen molar-refractivity contribution in [3.8, 4) is 16.3 Å². The van der Waals surface area contributed by atoms with Gasteiger partial charge in [0, 0.05) is 11.9 Å². The molecule has 1 fully saturated rings. The summed E-state index contributed by atoms with van der Waals surface area (Å²) in [6, 6.07) is 10.8. The first-order valence-corrected chi connectivity index (χ1v) is 9.88. The standard InChI is InChI=1S/C21H18F2N2O2S/c22-16-5-3-6-17(23)15(16)11-27-19-7-2-1-4-14(19)21-25-18(12-28-21)20(26)24-10-13-8-9-13/h1-7,12-13H,8-11H2,(H,24,26). The Balaban J connectivity index is 1.50. The summed E-state index contributed by atoms with van der Waals surface area (Å²) in [6.07, 6.45) is 2.33. The molecular formula is C21H18F2N2O2S. The Morgan fingerprint density at radius 2 is 1.89 bits per heavy atom. The third kappa shape index (κ3) is 4.20. The lowest BCUT2D eigenvalue weighted by Gasteiger charge is -2.11. The number of benzene rings is 2. The van der Waals surface area contributed by atoms with Crippen molar-refractivity contribution in [2.45, 2.75) is 19.4 Å². The zero-order chi connectivity index (χ0) is 19.5. The van der Waals surface area contributed by atoms with E-state index >= 15 is 0 Å². The van der Waals surface area contributed by atoms with Crippen LogP contribution in [0.5, 0.6) is 5.75 Å². The monoisotopic (exact) mass is 400 g/mol. The highest BCUT2D eigenvalue weighted by Crippen LogP contribution is 2.33. The van der Waals surface area contributed by atoms with E-state index in [0.717, 1.165) is 12.8 Å². The van der Waals surface area contributed by atoms with Crippen molar-refractivity contribution in [2.24, 2.45) is 5.92 Å². The summed E-state index contributed by atoms with van der Waals surface area (Å²) in [5.41, 5.74) is 0.901. The van der Waals surface area contributed by atoms with Gasteiger partial charge >= 0.3 is 0 Å². The number of para-hydroxylation sites is 1. The summed E-state index contributed by atoms with van der Waals surface area (Å²) in [5.74, 6) is -0.455. The Morgan fingerprint density at radius 1 is 1.14 bits per heavy atom. The smallest absolute Gasteiger partial charge is 0.270 e. The number of carbonyl (C=O) groups is 1. The molecule has 0 bridgehead atoms. The largest absolute Gasteiger partial charge is 0.488 e. The molecule has 1 heterocycles. The molecule has 0 radical (unpaired) electrons. The lowest BCUT2D eigenvalue weighted by molar-refractivity contribution is 0.0947. The predicted octanol–water partition coefficient (Wildman–Crippen LogP) is 4.81. The molecule has 1 aliphatic carbocycles. The summed E-state index contributed by atoms with van der Waals surface area (Å²) >= 11 is 1.32. The van der Waals surface area contributed by atoms with E-state index in [1.54, 1.807) is 23.6 Å². The zero-order valence-electron chi connectivity index (χ0n) is 15.0. The predicted molar refractivity (Wildman–Crippen MR) is 103 cm³/mol. The molecule has 0 atom stereocenters. The Kier molecular flexibility index (Phi) is 5.34. The summed E-state index contributed by atoms with van der Waals surface area (Å²) in [4.78, 5) is 16.6. The van der Waals surface area contributed by atoms with Crippen LogP contribution in [0.4, 0.5) is 8.78 Å². The van der Waals surface area contributed by atoms with Crippen LogP contribution in [0, 0.1) is 17.6 Å². The number of amides is 1. The molecule has 0 aliphatic heterocycles. The second-order valence-corrected chi connectivity index (χ2v) is 7.53. The molecule has 28 heavy (non-hydrogen) atoms. The van der Waals surface area contributed by atoms with E-state index in [0.29, 0.717) is 34.5 Å². The maximum absolute atomic E-state index is 13.8. The summed E-state index contributed by atoms with van der Waals surface area (Å²) in [6.45, 7) is 0.440. The van der Waals surface area contributed by atoms with E-state index in [-0.39, 0.29) is 18.1 Å². The van der Waals surface area contributed by atoms with Crippen LogP contribution in [0.2, 0.25) is 0 Å². The Morgan fingerprint density at radius 3 is 2.64 bits per heavy atom. The fraction of sp³-hybridized carbons (Fsp3) is 0.238. The van der Waals surface area contributed by atoms with Crippen molar-refractivity contribution in [2.75, 3.05) is 6.54 Å². The van der Waals surface area contributed by atoms with Gasteiger partial charge in [-0.2, -0.15) is 0 Å². The molecule has 4 rings (SSSR count). The number of rotatable bonds is 7. The first-order chi connectivity index (χ1) is 13.6. The number of hydrogen-bond donors (Lipinski definition) is 1. The molecule has 7 heteroatoms. The average Bonchev–Trinajstić information content (AvgIpc) is 3.40. The van der Waals surface area contributed by atoms with Crippen molar-refractivity contribution in [1.29, 1.82) is 0 Å². The first kappa shape index (κ1) is 18.6. The van der Waals surface area contributed by atoms with Gasteiger partial charge in [0.1, 0.15) is 34.7 Å². The second-order valence-electron chi connectivity index (χ2n) is 6.68. The van der Waals surface area contributed by atoms with Crippen LogP contribution in [0.3, 0.4) is 0 Å². The Hall–Kier alpha value is -2.80. The van der Waals surface area contributed by atoms with Gasteiger partial charge in [0.2, 0.25) is 0 Å². The lowest BCUT2D eigenvalue weighted by atomic mass is 10.2. The van der Waals surface area contributed by atoms with Crippen molar-refractivity contribution in [3.05, 3.63) is 70.7 Å². The van der Waals surface area contributed by atoms with E-state index in [2.05, 4.69) is 10.3 Å². The molecule has 1 amide bonds. The summed E-state index contributed by atoms with van der Waals surface area (Å²) in [5, 5.41) is 5.20. The van der Waals surface area contributed by atoms with E-state index in [1.807, 2.05) is 6.07 Å². The number of nitrogens with zero attached hydrogens (tertiary/aromatic N) is 1. The molecule has 0 saturated heterocycles. The quantitative estimate of drug-likeness (QED) is 0.619. The van der Waals surface area contributed by atoms with Crippen molar-refractivity contribution >= 4 is 17.2 Å². The Labute approximate surface area is 165 Å². The van der Waals surface area contributed by atoms with Crippen LogP contribution in [-0.2, 0) is 6.61 Å². The molecule has 0 spiro atoms. The van der Waals surface area contributed by atoms with Crippen LogP contribution in [0.15, 0.2) is 47.8 Å². The zero-order valence-corrected chi connectivity index (χ0v) is 15.8. The normalized spacial score (nSPS) is 13.4. The number of ether oxygens (including phenoxy) is 1. The number of nitrogens with one attached hydrogen (secondary N) is 1. The molecule has 1 aliphatic rings. The topological polar surface area (TPSA) is 51.2 Å². The van der Waals surface area contributed by atoms with Crippen LogP contribution in [-0.4, -0.2) is 17.4 Å². The van der Waals surface area contributed by atoms with Crippen molar-refractivity contribution in [1.82, 2.24) is 10.3 Å². The molecule has 1 aromatic heterocycles. The molecule has 4 nitrogen and oxygen atoms in total. The first-order valence-electron chi connectivity index (χ1n) is 9.00. The maximum atomic E-state index is 13.8. The molecule has 144 valence electrons. The van der Waals surface area contributed by atoms with Gasteiger partial charge in [-0.3, -0.25) is 4.79 Å². The van der Waals surface area contributed by atoms with Crippen molar-refractivity contribution in [3.63, 3.8) is 0 Å². The molecule has 2 aromatic carbocycles. The minimum Gasteiger partial charge on any atom is -0.488 e. The highest BCUT2D eigenvalue weighted by Gasteiger charge is 2.23. The van der Waals surface area contributed by atoms with Gasteiger partial charge in [-0.05, 0) is 43.0 Å². The number of aromatic nitrogens is 1. The lowest BCUT2D eigenvalue weighted by Crippen LogP contribution is -2.25. The molecule has 1 saturated carbocycles. The van der Waals surface area contributed by atoms with Crippen LogP contribution >= 0.6 is 11.3 Å². The molecule has 1 N–H and O–H groups in total. The van der Waals surface area contributed by atoms with Gasteiger partial charge in [-0.25, -0.2) is 13.8 Å². The highest BCUT2D eigenvalue weighted by atomic mass is 32.1. The number of halogens is 2. The maximum Gasteiger partial charge on any atom is 0.270 e. The minimum absolute atomic E-state index is 0.128. The minimum atomic E-state index is -0.652. The van der Waals surface area contributed by atoms with Gasteiger partial charge < -0.3 is 10.1 Å². The van der Waals surface area contributed by atoms with E-state index in [4.69, 9.17) is 4.74 Å². The fourth-order valence-corrected chi connectivity index (χ4v) is 3.57. The van der Waals surface area contributed by atoms with E-state index < -0.39 is 11.6 Å².